The van der Waals surface area contributed by atoms with E-state index in [-0.39, 0.29) is 0 Å². The van der Waals surface area contributed by atoms with Gasteiger partial charge in [0.15, 0.2) is 0 Å². The van der Waals surface area contributed by atoms with Crippen LogP contribution >= 0.6 is 23.9 Å². The van der Waals surface area contributed by atoms with Gasteiger partial charge in [-0.1, -0.05) is 42.3 Å². The van der Waals surface area contributed by atoms with Crippen LogP contribution in [-0.2, 0) is 0 Å². The number of aryl methyl sites for hydroxylation is 3. The highest BCUT2D eigenvalue weighted by atomic mass is 31.7. The standard InChI is InChI=1S/C20H23P3/c1-11-7-13(3)17(14(4)8-11)19-21-20(23-22-19)18-15(5)9-12(2)10-16(18)6/h7-10,13H,1-6H3/b19-17+. The first-order chi connectivity index (χ1) is 10.9. The van der Waals surface area contributed by atoms with Gasteiger partial charge < -0.3 is 0 Å². The van der Waals surface area contributed by atoms with Crippen LogP contribution in [0.5, 0.6) is 0 Å². The van der Waals surface area contributed by atoms with Crippen LogP contribution in [-0.4, -0.2) is 5.03 Å². The lowest BCUT2D eigenvalue weighted by Crippen LogP contribution is -2.04. The molecule has 0 fully saturated rings. The molecule has 1 heterocycles. The monoisotopic (exact) mass is 356 g/mol. The molecule has 0 spiro atoms. The lowest BCUT2D eigenvalue weighted by Gasteiger charge is -2.20. The minimum Gasteiger partial charge on any atom is -0.0743 e. The van der Waals surface area contributed by atoms with E-state index in [0.29, 0.717) is 5.92 Å². The number of hydrogen-bond acceptors (Lipinski definition) is 0. The fraction of sp³-hybridized carbons (Fsp3) is 0.350. The summed E-state index contributed by atoms with van der Waals surface area (Å²) < 4.78 is 0. The van der Waals surface area contributed by atoms with E-state index in [1.807, 2.05) is 0 Å². The molecule has 0 nitrogen and oxygen atoms in total. The molecule has 1 aliphatic heterocycles. The van der Waals surface area contributed by atoms with E-state index in [9.17, 15) is 0 Å². The molecule has 1 unspecified atom stereocenters. The van der Waals surface area contributed by atoms with E-state index in [4.69, 9.17) is 0 Å². The third-order valence-electron chi connectivity index (χ3n) is 4.43. The van der Waals surface area contributed by atoms with Crippen LogP contribution in [0.1, 0.15) is 43.0 Å². The summed E-state index contributed by atoms with van der Waals surface area (Å²) in [5.41, 5.74) is 10.2. The molecular weight excluding hydrogens is 333 g/mol. The summed E-state index contributed by atoms with van der Waals surface area (Å²) >= 11 is 0. The molecule has 0 aromatic heterocycles. The van der Waals surface area contributed by atoms with Gasteiger partial charge in [0.05, 0.1) is 0 Å². The van der Waals surface area contributed by atoms with Gasteiger partial charge in [-0.3, -0.25) is 0 Å². The van der Waals surface area contributed by atoms with Crippen LogP contribution < -0.4 is 0 Å². The Morgan fingerprint density at radius 1 is 0.913 bits per heavy atom. The molecular formula is C20H23P3. The Bertz CT molecular complexity index is 809. The van der Waals surface area contributed by atoms with E-state index >= 15 is 0 Å². The second kappa shape index (κ2) is 6.61. The zero-order valence-electron chi connectivity index (χ0n) is 14.7. The highest BCUT2D eigenvalue weighted by Crippen LogP contribution is 2.52. The third-order valence-corrected chi connectivity index (χ3v) is 9.91. The van der Waals surface area contributed by atoms with Crippen molar-refractivity contribution in [2.24, 2.45) is 5.92 Å². The Hall–Kier alpha value is -0.790. The van der Waals surface area contributed by atoms with Crippen molar-refractivity contribution in [2.75, 3.05) is 0 Å². The Morgan fingerprint density at radius 3 is 2.17 bits per heavy atom. The summed E-state index contributed by atoms with van der Waals surface area (Å²) in [6, 6.07) is 4.64. The van der Waals surface area contributed by atoms with E-state index in [1.165, 1.54) is 57.3 Å². The van der Waals surface area contributed by atoms with Crippen LogP contribution in [0.2, 0.25) is 0 Å². The first kappa shape index (κ1) is 17.0. The number of hydrogen-bond donors (Lipinski definition) is 0. The largest absolute Gasteiger partial charge is 0.0743 e. The Labute approximate surface area is 145 Å². The Balaban J connectivity index is 2.08. The number of rotatable bonds is 1. The van der Waals surface area contributed by atoms with Crippen molar-refractivity contribution in [2.45, 2.75) is 41.5 Å². The minimum atomic E-state index is 0.546. The molecule has 118 valence electrons. The second-order valence-corrected chi connectivity index (χ2v) is 11.0. The lowest BCUT2D eigenvalue weighted by atomic mass is 9.88. The van der Waals surface area contributed by atoms with Gasteiger partial charge in [-0.25, -0.2) is 0 Å². The zero-order chi connectivity index (χ0) is 16.7. The molecule has 23 heavy (non-hydrogen) atoms. The quantitative estimate of drug-likeness (QED) is 0.454. The molecule has 1 aromatic rings. The van der Waals surface area contributed by atoms with E-state index in [2.05, 4.69) is 65.8 Å². The highest BCUT2D eigenvalue weighted by molar-refractivity contribution is 8.07. The summed E-state index contributed by atoms with van der Waals surface area (Å²) in [7, 11) is 4.36. The lowest BCUT2D eigenvalue weighted by molar-refractivity contribution is 0.851. The Kier molecular flexibility index (Phi) is 4.90. The first-order valence-corrected chi connectivity index (χ1v) is 11.5. The predicted octanol–water partition coefficient (Wildman–Crippen LogP) is 7.61. The average Bonchev–Trinajstić information content (AvgIpc) is 2.85. The van der Waals surface area contributed by atoms with Gasteiger partial charge in [0.25, 0.3) is 0 Å². The molecule has 1 atom stereocenters. The average molecular weight is 356 g/mol. The molecule has 2 aliphatic rings. The van der Waals surface area contributed by atoms with E-state index in [0.717, 1.165) is 0 Å². The summed E-state index contributed by atoms with van der Waals surface area (Å²) in [5, 5.41) is 3.18. The SMILES string of the molecule is CC1=CC(C)/C(=C2\P=PC(c3c(C)cc(C)cc3C)=P2)C(C)=C1. The summed E-state index contributed by atoms with van der Waals surface area (Å²) in [5.74, 6) is 0.546. The molecule has 1 aliphatic carbocycles. The summed E-state index contributed by atoms with van der Waals surface area (Å²) in [6.45, 7) is 13.5. The maximum atomic E-state index is 2.40. The molecule has 3 heteroatoms. The molecule has 0 amide bonds. The normalized spacial score (nSPS) is 25.8. The molecule has 0 N–H and O–H groups in total. The summed E-state index contributed by atoms with van der Waals surface area (Å²) in [4.78, 5) is 0. The van der Waals surface area contributed by atoms with Crippen molar-refractivity contribution in [1.82, 2.24) is 0 Å². The van der Waals surface area contributed by atoms with Crippen LogP contribution in [0, 0.1) is 26.7 Å². The molecule has 0 saturated heterocycles. The smallest absolute Gasteiger partial charge is 0.0423 e. The number of benzene rings is 1. The van der Waals surface area contributed by atoms with Gasteiger partial charge in [-0.05, 0) is 86.4 Å². The van der Waals surface area contributed by atoms with Gasteiger partial charge in [0.1, 0.15) is 0 Å². The van der Waals surface area contributed by atoms with Crippen molar-refractivity contribution < 1.29 is 0 Å². The van der Waals surface area contributed by atoms with Crippen LogP contribution in [0.4, 0.5) is 0 Å². The molecule has 0 saturated carbocycles. The van der Waals surface area contributed by atoms with Crippen molar-refractivity contribution in [3.8, 4) is 0 Å². The zero-order valence-corrected chi connectivity index (χ0v) is 17.4. The van der Waals surface area contributed by atoms with Crippen molar-refractivity contribution in [1.29, 1.82) is 0 Å². The molecule has 3 rings (SSSR count). The molecule has 0 bridgehead atoms. The maximum Gasteiger partial charge on any atom is 0.0423 e. The van der Waals surface area contributed by atoms with Gasteiger partial charge >= 0.3 is 0 Å². The topological polar surface area (TPSA) is 0 Å². The van der Waals surface area contributed by atoms with Crippen molar-refractivity contribution >= 4 is 29.0 Å². The number of allylic oxidation sites excluding steroid dienone is 5. The fourth-order valence-electron chi connectivity index (χ4n) is 3.68. The van der Waals surface area contributed by atoms with Gasteiger partial charge in [-0.15, -0.1) is 0 Å². The third kappa shape index (κ3) is 3.37. The van der Waals surface area contributed by atoms with E-state index < -0.39 is 0 Å². The van der Waals surface area contributed by atoms with Gasteiger partial charge in [-0.2, -0.15) is 0 Å². The molecule has 1 aromatic carbocycles. The van der Waals surface area contributed by atoms with Crippen molar-refractivity contribution in [3.63, 3.8) is 0 Å². The van der Waals surface area contributed by atoms with Crippen LogP contribution in [0.25, 0.3) is 0 Å². The van der Waals surface area contributed by atoms with Gasteiger partial charge in [0, 0.05) is 16.0 Å². The van der Waals surface area contributed by atoms with E-state index in [1.54, 1.807) is 15.7 Å². The maximum absolute atomic E-state index is 2.40. The van der Waals surface area contributed by atoms with Crippen molar-refractivity contribution in [3.05, 3.63) is 68.3 Å². The highest BCUT2D eigenvalue weighted by Gasteiger charge is 2.20. The summed E-state index contributed by atoms with van der Waals surface area (Å²) in [6.07, 6.45) is 4.74. The Morgan fingerprint density at radius 2 is 1.57 bits per heavy atom. The predicted molar refractivity (Wildman–Crippen MR) is 109 cm³/mol. The van der Waals surface area contributed by atoms with Crippen LogP contribution in [0.15, 0.2) is 46.1 Å². The second-order valence-electron chi connectivity index (χ2n) is 6.67. The first-order valence-electron chi connectivity index (χ1n) is 8.06. The van der Waals surface area contributed by atoms with Crippen LogP contribution in [0.3, 0.4) is 0 Å². The fourth-order valence-corrected chi connectivity index (χ4v) is 9.97. The van der Waals surface area contributed by atoms with Gasteiger partial charge in [0.2, 0.25) is 0 Å². The molecule has 0 radical (unpaired) electrons. The minimum absolute atomic E-state index is 0.546.